The summed E-state index contributed by atoms with van der Waals surface area (Å²) in [6.45, 7) is 6.96. The fourth-order valence-corrected chi connectivity index (χ4v) is 4.63. The van der Waals surface area contributed by atoms with Crippen LogP contribution in [0.1, 0.15) is 55.5 Å². The lowest BCUT2D eigenvalue weighted by atomic mass is 9.67. The van der Waals surface area contributed by atoms with E-state index in [4.69, 9.17) is 4.74 Å². The van der Waals surface area contributed by atoms with Gasteiger partial charge in [0.25, 0.3) is 0 Å². The van der Waals surface area contributed by atoms with Crippen LogP contribution < -0.4 is 4.74 Å². The predicted molar refractivity (Wildman–Crippen MR) is 85.1 cm³/mol. The minimum absolute atomic E-state index is 0.431. The number of hydrogen-bond donors (Lipinski definition) is 0. The molecule has 1 fully saturated rings. The van der Waals surface area contributed by atoms with Crippen molar-refractivity contribution in [2.45, 2.75) is 51.3 Å². The van der Waals surface area contributed by atoms with Crippen LogP contribution in [0.15, 0.2) is 18.2 Å². The Morgan fingerprint density at radius 3 is 2.63 bits per heavy atom. The van der Waals surface area contributed by atoms with Gasteiger partial charge in [0.2, 0.25) is 0 Å². The molecule has 2 atom stereocenters. The topological polar surface area (TPSA) is 9.23 Å². The summed E-state index contributed by atoms with van der Waals surface area (Å²) in [4.78, 5) is 0.451. The first-order valence-electron chi connectivity index (χ1n) is 7.24. The molecule has 1 saturated carbocycles. The molecule has 0 aromatic heterocycles. The van der Waals surface area contributed by atoms with Crippen molar-refractivity contribution in [3.63, 3.8) is 0 Å². The Bertz CT molecular complexity index is 439. The predicted octanol–water partition coefficient (Wildman–Crippen LogP) is 5.66. The lowest BCUT2D eigenvalue weighted by molar-refractivity contribution is 0.136. The maximum atomic E-state index is 5.35. The molecule has 0 N–H and O–H groups in total. The maximum absolute atomic E-state index is 5.35. The highest BCUT2D eigenvalue weighted by Crippen LogP contribution is 2.50. The lowest BCUT2D eigenvalue weighted by Crippen LogP contribution is -2.30. The normalized spacial score (nSPS) is 23.9. The minimum atomic E-state index is 0.431. The molecular formula is C17H25BrO. The highest BCUT2D eigenvalue weighted by molar-refractivity contribution is 9.09. The van der Waals surface area contributed by atoms with Crippen LogP contribution >= 0.6 is 15.9 Å². The van der Waals surface area contributed by atoms with Crippen molar-refractivity contribution < 1.29 is 4.74 Å². The van der Waals surface area contributed by atoms with Gasteiger partial charge in [-0.05, 0) is 48.3 Å². The summed E-state index contributed by atoms with van der Waals surface area (Å²) >= 11 is 3.96. The second-order valence-electron chi connectivity index (χ2n) is 6.47. The monoisotopic (exact) mass is 324 g/mol. The zero-order valence-corrected chi connectivity index (χ0v) is 14.1. The SMILES string of the molecule is COc1ccc(C(Br)C2CCCCC2(C)C)cc1C. The summed E-state index contributed by atoms with van der Waals surface area (Å²) in [6.07, 6.45) is 5.42. The van der Waals surface area contributed by atoms with E-state index in [-0.39, 0.29) is 0 Å². The Labute approximate surface area is 125 Å². The molecule has 2 unspecified atom stereocenters. The summed E-state index contributed by atoms with van der Waals surface area (Å²) in [7, 11) is 1.73. The Hall–Kier alpha value is -0.500. The zero-order valence-electron chi connectivity index (χ0n) is 12.5. The Kier molecular flexibility index (Phi) is 4.60. The Morgan fingerprint density at radius 1 is 1.32 bits per heavy atom. The molecule has 1 aliphatic carbocycles. The van der Waals surface area contributed by atoms with E-state index >= 15 is 0 Å². The second kappa shape index (κ2) is 5.87. The van der Waals surface area contributed by atoms with Gasteiger partial charge in [-0.1, -0.05) is 54.8 Å². The Morgan fingerprint density at radius 2 is 2.05 bits per heavy atom. The Balaban J connectivity index is 2.23. The molecule has 0 spiro atoms. The van der Waals surface area contributed by atoms with Crippen molar-refractivity contribution in [2.75, 3.05) is 7.11 Å². The number of alkyl halides is 1. The summed E-state index contributed by atoms with van der Waals surface area (Å²) < 4.78 is 5.35. The van der Waals surface area contributed by atoms with Crippen molar-refractivity contribution in [3.8, 4) is 5.75 Å². The van der Waals surface area contributed by atoms with Gasteiger partial charge < -0.3 is 4.74 Å². The van der Waals surface area contributed by atoms with Gasteiger partial charge in [-0.2, -0.15) is 0 Å². The number of aryl methyl sites for hydroxylation is 1. The van der Waals surface area contributed by atoms with Crippen LogP contribution in [-0.4, -0.2) is 7.11 Å². The van der Waals surface area contributed by atoms with Gasteiger partial charge in [0, 0.05) is 4.83 Å². The van der Waals surface area contributed by atoms with E-state index in [1.807, 2.05) is 0 Å². The molecule has 2 rings (SSSR count). The van der Waals surface area contributed by atoms with Crippen LogP contribution in [0.2, 0.25) is 0 Å². The molecule has 0 bridgehead atoms. The number of methoxy groups -OCH3 is 1. The van der Waals surface area contributed by atoms with Gasteiger partial charge in [-0.15, -0.1) is 0 Å². The van der Waals surface area contributed by atoms with E-state index in [1.54, 1.807) is 7.11 Å². The summed E-state index contributed by atoms with van der Waals surface area (Å²) in [5, 5.41) is 0. The summed E-state index contributed by atoms with van der Waals surface area (Å²) in [5.74, 6) is 1.69. The van der Waals surface area contributed by atoms with E-state index in [0.717, 1.165) is 5.75 Å². The van der Waals surface area contributed by atoms with E-state index in [2.05, 4.69) is 54.9 Å². The molecule has 0 amide bonds. The molecule has 0 radical (unpaired) electrons. The van der Waals surface area contributed by atoms with E-state index in [9.17, 15) is 0 Å². The molecule has 19 heavy (non-hydrogen) atoms. The smallest absolute Gasteiger partial charge is 0.121 e. The molecule has 1 aromatic carbocycles. The molecule has 1 nitrogen and oxygen atoms in total. The van der Waals surface area contributed by atoms with Gasteiger partial charge in [-0.25, -0.2) is 0 Å². The molecule has 0 heterocycles. The van der Waals surface area contributed by atoms with Gasteiger partial charge in [0.1, 0.15) is 5.75 Å². The van der Waals surface area contributed by atoms with Crippen molar-refractivity contribution in [2.24, 2.45) is 11.3 Å². The van der Waals surface area contributed by atoms with Crippen LogP contribution in [0.25, 0.3) is 0 Å². The average molecular weight is 325 g/mol. The first kappa shape index (κ1) is 14.9. The number of halogens is 1. The fraction of sp³-hybridized carbons (Fsp3) is 0.647. The highest BCUT2D eigenvalue weighted by Gasteiger charge is 2.37. The number of benzene rings is 1. The lowest BCUT2D eigenvalue weighted by Gasteiger charge is -2.41. The molecule has 1 aliphatic rings. The first-order chi connectivity index (χ1) is 8.95. The first-order valence-corrected chi connectivity index (χ1v) is 8.16. The van der Waals surface area contributed by atoms with Gasteiger partial charge in [0.05, 0.1) is 7.11 Å². The van der Waals surface area contributed by atoms with E-state index < -0.39 is 0 Å². The number of ether oxygens (including phenoxy) is 1. The largest absolute Gasteiger partial charge is 0.496 e. The molecule has 1 aromatic rings. The molecule has 0 aliphatic heterocycles. The van der Waals surface area contributed by atoms with Gasteiger partial charge in [0.15, 0.2) is 0 Å². The van der Waals surface area contributed by atoms with Gasteiger partial charge in [-0.3, -0.25) is 0 Å². The van der Waals surface area contributed by atoms with Crippen LogP contribution in [0.5, 0.6) is 5.75 Å². The minimum Gasteiger partial charge on any atom is -0.496 e. The maximum Gasteiger partial charge on any atom is 0.121 e. The van der Waals surface area contributed by atoms with E-state index in [1.165, 1.54) is 36.8 Å². The van der Waals surface area contributed by atoms with Crippen LogP contribution in [0.3, 0.4) is 0 Å². The standard InChI is InChI=1S/C17H25BrO/c1-12-11-13(8-9-15(12)19-4)16(18)14-7-5-6-10-17(14,2)3/h8-9,11,14,16H,5-7,10H2,1-4H3. The van der Waals surface area contributed by atoms with Crippen molar-refractivity contribution in [1.82, 2.24) is 0 Å². The van der Waals surface area contributed by atoms with Crippen molar-refractivity contribution in [1.29, 1.82) is 0 Å². The third kappa shape index (κ3) is 3.16. The van der Waals surface area contributed by atoms with Crippen LogP contribution in [0, 0.1) is 18.3 Å². The van der Waals surface area contributed by atoms with Gasteiger partial charge >= 0.3 is 0 Å². The highest BCUT2D eigenvalue weighted by atomic mass is 79.9. The van der Waals surface area contributed by atoms with Crippen molar-refractivity contribution >= 4 is 15.9 Å². The average Bonchev–Trinajstić information content (AvgIpc) is 2.37. The summed E-state index contributed by atoms with van der Waals surface area (Å²) in [6, 6.07) is 6.56. The van der Waals surface area contributed by atoms with Crippen LogP contribution in [-0.2, 0) is 0 Å². The van der Waals surface area contributed by atoms with Crippen LogP contribution in [0.4, 0.5) is 0 Å². The quantitative estimate of drug-likeness (QED) is 0.652. The zero-order chi connectivity index (χ0) is 14.0. The number of hydrogen-bond acceptors (Lipinski definition) is 1. The fourth-order valence-electron chi connectivity index (χ4n) is 3.37. The molecular weight excluding hydrogens is 300 g/mol. The third-order valence-corrected chi connectivity index (χ3v) is 5.85. The molecule has 0 saturated heterocycles. The third-order valence-electron chi connectivity index (χ3n) is 4.68. The number of rotatable bonds is 3. The molecule has 2 heteroatoms. The second-order valence-corrected chi connectivity index (χ2v) is 7.46. The van der Waals surface area contributed by atoms with E-state index in [0.29, 0.717) is 16.2 Å². The van der Waals surface area contributed by atoms with Crippen molar-refractivity contribution in [3.05, 3.63) is 29.3 Å². The molecule has 106 valence electrons. The summed E-state index contributed by atoms with van der Waals surface area (Å²) in [5.41, 5.74) is 3.04.